The summed E-state index contributed by atoms with van der Waals surface area (Å²) in [6, 6.07) is 9.89. The van der Waals surface area contributed by atoms with E-state index in [0.29, 0.717) is 28.1 Å². The van der Waals surface area contributed by atoms with Crippen LogP contribution in [0.25, 0.3) is 16.6 Å². The number of nitrogens with one attached hydrogen (secondary N) is 2. The van der Waals surface area contributed by atoms with E-state index < -0.39 is 18.0 Å². The van der Waals surface area contributed by atoms with Gasteiger partial charge in [0.05, 0.1) is 24.0 Å². The lowest BCUT2D eigenvalue weighted by atomic mass is 10.0. The van der Waals surface area contributed by atoms with E-state index in [0.717, 1.165) is 10.9 Å². The molecule has 1 aliphatic heterocycles. The monoisotopic (exact) mass is 464 g/mol. The van der Waals surface area contributed by atoms with E-state index in [9.17, 15) is 9.59 Å². The second kappa shape index (κ2) is 8.58. The van der Waals surface area contributed by atoms with Crippen molar-refractivity contribution in [2.24, 2.45) is 0 Å². The molecule has 10 nitrogen and oxygen atoms in total. The second-order valence-corrected chi connectivity index (χ2v) is 8.20. The van der Waals surface area contributed by atoms with Crippen molar-refractivity contribution in [1.29, 1.82) is 0 Å². The summed E-state index contributed by atoms with van der Waals surface area (Å²) in [5, 5.41) is 11.4. The van der Waals surface area contributed by atoms with Gasteiger partial charge in [-0.15, -0.1) is 5.10 Å². The van der Waals surface area contributed by atoms with Crippen molar-refractivity contribution in [3.8, 4) is 0 Å². The van der Waals surface area contributed by atoms with Crippen LogP contribution in [-0.4, -0.2) is 43.9 Å². The summed E-state index contributed by atoms with van der Waals surface area (Å²) in [5.74, 6) is 0.774. The van der Waals surface area contributed by atoms with Gasteiger partial charge in [-0.2, -0.15) is 4.52 Å². The molecular formula is C22H20N6O4S. The molecule has 2 amide bonds. The Balaban J connectivity index is 1.56. The summed E-state index contributed by atoms with van der Waals surface area (Å²) >= 11 is 1.34. The summed E-state index contributed by atoms with van der Waals surface area (Å²) < 4.78 is 12.4. The molecule has 3 aromatic heterocycles. The first-order valence-corrected chi connectivity index (χ1v) is 11.3. The minimum atomic E-state index is -0.762. The maximum absolute atomic E-state index is 12.9. The number of benzene rings is 1. The molecule has 1 aromatic carbocycles. The average molecular weight is 465 g/mol. The Morgan fingerprint density at radius 2 is 2.09 bits per heavy atom. The number of aryl methyl sites for hydroxylation is 1. The van der Waals surface area contributed by atoms with Gasteiger partial charge in [-0.25, -0.2) is 19.6 Å². The van der Waals surface area contributed by atoms with Crippen LogP contribution < -0.4 is 10.6 Å². The molecule has 0 unspecified atom stereocenters. The van der Waals surface area contributed by atoms with Gasteiger partial charge in [0.2, 0.25) is 0 Å². The lowest BCUT2D eigenvalue weighted by Gasteiger charge is -2.27. The molecule has 11 heteroatoms. The van der Waals surface area contributed by atoms with Gasteiger partial charge < -0.3 is 19.8 Å². The molecule has 4 aromatic rings. The van der Waals surface area contributed by atoms with Gasteiger partial charge in [0.1, 0.15) is 17.6 Å². The van der Waals surface area contributed by atoms with Crippen LogP contribution in [0.2, 0.25) is 0 Å². The second-order valence-electron chi connectivity index (χ2n) is 7.25. The van der Waals surface area contributed by atoms with Crippen LogP contribution in [0.1, 0.15) is 24.6 Å². The highest BCUT2D eigenvalue weighted by atomic mass is 32.2. The maximum atomic E-state index is 12.9. The Morgan fingerprint density at radius 1 is 1.24 bits per heavy atom. The summed E-state index contributed by atoms with van der Waals surface area (Å²) in [5.41, 5.74) is 2.18. The predicted octanol–water partition coefficient (Wildman–Crippen LogP) is 3.14. The molecule has 4 heterocycles. The molecule has 0 saturated carbocycles. The van der Waals surface area contributed by atoms with Crippen molar-refractivity contribution in [3.05, 3.63) is 65.5 Å². The summed E-state index contributed by atoms with van der Waals surface area (Å²) in [4.78, 5) is 34.5. The zero-order valence-corrected chi connectivity index (χ0v) is 18.7. The van der Waals surface area contributed by atoms with E-state index in [1.54, 1.807) is 23.6 Å². The van der Waals surface area contributed by atoms with E-state index in [1.807, 2.05) is 31.2 Å². The molecule has 1 aliphatic rings. The molecule has 1 atom stereocenters. The first kappa shape index (κ1) is 21.0. The van der Waals surface area contributed by atoms with Crippen molar-refractivity contribution >= 4 is 40.3 Å². The van der Waals surface area contributed by atoms with Gasteiger partial charge in [0, 0.05) is 16.8 Å². The Labute approximate surface area is 192 Å². The zero-order valence-electron chi connectivity index (χ0n) is 17.9. The number of thioether (sulfide) groups is 1. The summed E-state index contributed by atoms with van der Waals surface area (Å²) in [6.07, 6.45) is 1.49. The number of aromatic nitrogens is 4. The van der Waals surface area contributed by atoms with Crippen molar-refractivity contribution in [3.63, 3.8) is 0 Å². The van der Waals surface area contributed by atoms with Gasteiger partial charge in [-0.1, -0.05) is 23.9 Å². The highest BCUT2D eigenvalue weighted by Gasteiger charge is 2.35. The largest absolute Gasteiger partial charge is 0.467 e. The predicted molar refractivity (Wildman–Crippen MR) is 121 cm³/mol. The average Bonchev–Trinajstić information content (AvgIpc) is 3.47. The molecule has 0 bridgehead atoms. The van der Waals surface area contributed by atoms with E-state index in [4.69, 9.17) is 14.1 Å². The maximum Gasteiger partial charge on any atom is 0.338 e. The first-order valence-electron chi connectivity index (χ1n) is 10.3. The number of para-hydroxylation sites is 1. The molecule has 2 N–H and O–H groups in total. The highest BCUT2D eigenvalue weighted by molar-refractivity contribution is 7.99. The summed E-state index contributed by atoms with van der Waals surface area (Å²) in [6.45, 7) is 3.75. The van der Waals surface area contributed by atoms with E-state index >= 15 is 0 Å². The van der Waals surface area contributed by atoms with Crippen LogP contribution in [0.5, 0.6) is 0 Å². The number of furan rings is 1. The lowest BCUT2D eigenvalue weighted by molar-refractivity contribution is -0.139. The number of amides is 2. The molecular weight excluding hydrogens is 444 g/mol. The number of urea groups is 1. The quantitative estimate of drug-likeness (QED) is 0.253. The molecule has 0 aliphatic carbocycles. The standard InChI is InChI=1S/C22H20N6O4S/c1-3-31-20(29)17-15(24-21(30)26-18(17)16-9-6-10-32-16)11-33-22-25-14-8-5-4-7-13(14)19-23-12(2)27-28(19)22/h4-10,18H,3,11H2,1-2H3,(H2,24,26,30)/t18-/m1/s1. The molecule has 0 spiro atoms. The minimum Gasteiger partial charge on any atom is -0.467 e. The van der Waals surface area contributed by atoms with E-state index in [1.165, 1.54) is 18.0 Å². The van der Waals surface area contributed by atoms with Crippen LogP contribution in [0.3, 0.4) is 0 Å². The first-order chi connectivity index (χ1) is 16.0. The number of rotatable bonds is 6. The van der Waals surface area contributed by atoms with Crippen LogP contribution in [0, 0.1) is 6.92 Å². The third kappa shape index (κ3) is 3.91. The third-order valence-corrected chi connectivity index (χ3v) is 6.03. The van der Waals surface area contributed by atoms with Crippen molar-refractivity contribution in [2.75, 3.05) is 12.4 Å². The van der Waals surface area contributed by atoms with Gasteiger partial charge in [0.25, 0.3) is 0 Å². The lowest BCUT2D eigenvalue weighted by Crippen LogP contribution is -2.46. The highest BCUT2D eigenvalue weighted by Crippen LogP contribution is 2.31. The van der Waals surface area contributed by atoms with Gasteiger partial charge in [-0.3, -0.25) is 0 Å². The minimum absolute atomic E-state index is 0.201. The number of carbonyl (C=O) groups excluding carboxylic acids is 2. The fraction of sp³-hybridized carbons (Fsp3) is 0.227. The fourth-order valence-electron chi connectivity index (χ4n) is 3.71. The Hall–Kier alpha value is -3.86. The third-order valence-electron chi connectivity index (χ3n) is 5.08. The Morgan fingerprint density at radius 3 is 2.88 bits per heavy atom. The molecule has 0 radical (unpaired) electrons. The molecule has 0 saturated heterocycles. The summed E-state index contributed by atoms with van der Waals surface area (Å²) in [7, 11) is 0. The molecule has 5 rings (SSSR count). The molecule has 33 heavy (non-hydrogen) atoms. The van der Waals surface area contributed by atoms with E-state index in [-0.39, 0.29) is 17.9 Å². The van der Waals surface area contributed by atoms with Crippen molar-refractivity contribution < 1.29 is 18.7 Å². The van der Waals surface area contributed by atoms with Crippen LogP contribution in [-0.2, 0) is 9.53 Å². The smallest absolute Gasteiger partial charge is 0.338 e. The zero-order chi connectivity index (χ0) is 22.9. The van der Waals surface area contributed by atoms with Crippen molar-refractivity contribution in [2.45, 2.75) is 25.0 Å². The molecule has 0 fully saturated rings. The number of ether oxygens (including phenoxy) is 1. The Bertz CT molecular complexity index is 1390. The molecule has 168 valence electrons. The number of fused-ring (bicyclic) bond motifs is 3. The van der Waals surface area contributed by atoms with E-state index in [2.05, 4.69) is 20.7 Å². The van der Waals surface area contributed by atoms with Gasteiger partial charge in [0.15, 0.2) is 10.8 Å². The topological polar surface area (TPSA) is 124 Å². The van der Waals surface area contributed by atoms with Crippen LogP contribution in [0.4, 0.5) is 4.79 Å². The number of carbonyl (C=O) groups is 2. The SMILES string of the molecule is CCOC(=O)C1=C(CSc2nc3ccccc3c3nc(C)nn23)NC(=O)N[C@@H]1c1ccco1. The van der Waals surface area contributed by atoms with Crippen LogP contribution >= 0.6 is 11.8 Å². The van der Waals surface area contributed by atoms with Crippen LogP contribution in [0.15, 0.2) is 63.5 Å². The number of hydrogen-bond acceptors (Lipinski definition) is 8. The number of esters is 1. The van der Waals surface area contributed by atoms with Gasteiger partial charge in [-0.05, 0) is 38.1 Å². The van der Waals surface area contributed by atoms with Crippen molar-refractivity contribution in [1.82, 2.24) is 30.2 Å². The van der Waals surface area contributed by atoms with Gasteiger partial charge >= 0.3 is 12.0 Å². The fourth-order valence-corrected chi connectivity index (χ4v) is 4.63. The number of nitrogens with zero attached hydrogens (tertiary/aromatic N) is 4. The Kier molecular flexibility index (Phi) is 5.47. The normalized spacial score (nSPS) is 16.2. The number of hydrogen-bond donors (Lipinski definition) is 2.